The molecule has 0 aromatic heterocycles. The van der Waals surface area contributed by atoms with E-state index in [9.17, 15) is 13.2 Å². The molecule has 0 fully saturated rings. The molecule has 0 aromatic rings. The molecule has 0 heterocycles. The van der Waals surface area contributed by atoms with Gasteiger partial charge in [0, 0.05) is 6.42 Å². The lowest BCUT2D eigenvalue weighted by Gasteiger charge is -2.19. The van der Waals surface area contributed by atoms with Crippen molar-refractivity contribution in [3.8, 4) is 0 Å². The fourth-order valence-corrected chi connectivity index (χ4v) is 0.969. The second kappa shape index (κ2) is 3.98. The molecule has 11 heavy (non-hydrogen) atoms. The first kappa shape index (κ1) is 10.8. The van der Waals surface area contributed by atoms with Crippen molar-refractivity contribution < 1.29 is 13.2 Å². The predicted octanol–water partition coefficient (Wildman–Crippen LogP) is 3.62. The molecule has 0 bridgehead atoms. The van der Waals surface area contributed by atoms with Crippen molar-refractivity contribution in [3.05, 3.63) is 0 Å². The van der Waals surface area contributed by atoms with Crippen molar-refractivity contribution in [2.24, 2.45) is 11.8 Å². The van der Waals surface area contributed by atoms with Crippen molar-refractivity contribution in [2.75, 3.05) is 0 Å². The van der Waals surface area contributed by atoms with Crippen LogP contribution in [-0.2, 0) is 0 Å². The Morgan fingerprint density at radius 2 is 1.55 bits per heavy atom. The maximum absolute atomic E-state index is 11.8. The highest BCUT2D eigenvalue weighted by Gasteiger charge is 2.31. The average molecular weight is 168 g/mol. The second-order valence-electron chi connectivity index (χ2n) is 3.18. The van der Waals surface area contributed by atoms with E-state index in [-0.39, 0.29) is 11.8 Å². The summed E-state index contributed by atoms with van der Waals surface area (Å²) in [6.45, 7) is 5.43. The molecular formula is C8H15F3. The molecule has 3 heteroatoms. The van der Waals surface area contributed by atoms with Crippen LogP contribution in [0.2, 0.25) is 0 Å². The van der Waals surface area contributed by atoms with Crippen molar-refractivity contribution in [3.63, 3.8) is 0 Å². The molecule has 68 valence electrons. The van der Waals surface area contributed by atoms with Crippen molar-refractivity contribution in [1.29, 1.82) is 0 Å². The van der Waals surface area contributed by atoms with Gasteiger partial charge in [0.05, 0.1) is 0 Å². The van der Waals surface area contributed by atoms with Crippen LogP contribution in [0.25, 0.3) is 0 Å². The lowest BCUT2D eigenvalue weighted by atomic mass is 9.91. The lowest BCUT2D eigenvalue weighted by Crippen LogP contribution is -2.17. The number of hydrogen-bond acceptors (Lipinski definition) is 0. The highest BCUT2D eigenvalue weighted by Crippen LogP contribution is 2.29. The number of alkyl halides is 3. The minimum atomic E-state index is -4.00. The van der Waals surface area contributed by atoms with E-state index in [1.807, 2.05) is 13.8 Å². The highest BCUT2D eigenvalue weighted by molar-refractivity contribution is 4.64. The maximum Gasteiger partial charge on any atom is 0.389 e. The Kier molecular flexibility index (Phi) is 3.90. The highest BCUT2D eigenvalue weighted by atomic mass is 19.4. The zero-order chi connectivity index (χ0) is 9.07. The molecule has 0 aliphatic carbocycles. The standard InChI is InChI=1S/C8H15F3/c1-4-6(2)7(3)5-8(9,10)11/h6-7H,4-5H2,1-3H3/t6-,7?/m0/s1. The smallest absolute Gasteiger partial charge is 0.171 e. The number of hydrogen-bond donors (Lipinski definition) is 0. The van der Waals surface area contributed by atoms with Crippen LogP contribution in [0.1, 0.15) is 33.6 Å². The van der Waals surface area contributed by atoms with Gasteiger partial charge < -0.3 is 0 Å². The minimum Gasteiger partial charge on any atom is -0.171 e. The Hall–Kier alpha value is -0.210. The Balaban J connectivity index is 3.77. The molecule has 0 saturated carbocycles. The van der Waals surface area contributed by atoms with E-state index in [1.54, 1.807) is 6.92 Å². The molecule has 0 aliphatic rings. The first-order valence-corrected chi connectivity index (χ1v) is 3.93. The number of halogens is 3. The first-order chi connectivity index (χ1) is 4.87. The molecule has 1 unspecified atom stereocenters. The van der Waals surface area contributed by atoms with Crippen LogP contribution < -0.4 is 0 Å². The number of rotatable bonds is 3. The summed E-state index contributed by atoms with van der Waals surface area (Å²) in [6.07, 6.45) is -3.83. The molecule has 2 atom stereocenters. The SMILES string of the molecule is CC[C@H](C)C(C)CC(F)(F)F. The minimum absolute atomic E-state index is 0.164. The van der Waals surface area contributed by atoms with Crippen LogP contribution in [0, 0.1) is 11.8 Å². The van der Waals surface area contributed by atoms with E-state index in [0.717, 1.165) is 6.42 Å². The van der Waals surface area contributed by atoms with Gasteiger partial charge in [-0.3, -0.25) is 0 Å². The van der Waals surface area contributed by atoms with Gasteiger partial charge in [0.15, 0.2) is 0 Å². The lowest BCUT2D eigenvalue weighted by molar-refractivity contribution is -0.146. The first-order valence-electron chi connectivity index (χ1n) is 3.93. The molecular weight excluding hydrogens is 153 g/mol. The quantitative estimate of drug-likeness (QED) is 0.603. The molecule has 0 spiro atoms. The summed E-state index contributed by atoms with van der Waals surface area (Å²) in [5.41, 5.74) is 0. The van der Waals surface area contributed by atoms with Crippen LogP contribution in [0.5, 0.6) is 0 Å². The van der Waals surface area contributed by atoms with Crippen molar-refractivity contribution >= 4 is 0 Å². The molecule has 0 aliphatic heterocycles. The van der Waals surface area contributed by atoms with Crippen molar-refractivity contribution in [1.82, 2.24) is 0 Å². The van der Waals surface area contributed by atoms with E-state index < -0.39 is 12.6 Å². The van der Waals surface area contributed by atoms with Crippen LogP contribution in [0.3, 0.4) is 0 Å². The van der Waals surface area contributed by atoms with Gasteiger partial charge in [-0.2, -0.15) is 13.2 Å². The summed E-state index contributed by atoms with van der Waals surface area (Å²) >= 11 is 0. The van der Waals surface area contributed by atoms with Gasteiger partial charge >= 0.3 is 6.18 Å². The van der Waals surface area contributed by atoms with Crippen LogP contribution in [-0.4, -0.2) is 6.18 Å². The largest absolute Gasteiger partial charge is 0.389 e. The van der Waals surface area contributed by atoms with Gasteiger partial charge in [0.25, 0.3) is 0 Å². The maximum atomic E-state index is 11.8. The Labute approximate surface area is 65.8 Å². The average Bonchev–Trinajstić information content (AvgIpc) is 1.82. The Morgan fingerprint density at radius 3 is 1.82 bits per heavy atom. The second-order valence-corrected chi connectivity index (χ2v) is 3.18. The predicted molar refractivity (Wildman–Crippen MR) is 39.3 cm³/mol. The van der Waals surface area contributed by atoms with Gasteiger partial charge in [-0.1, -0.05) is 27.2 Å². The molecule has 0 N–H and O–H groups in total. The third kappa shape index (κ3) is 5.10. The fraction of sp³-hybridized carbons (Fsp3) is 1.00. The van der Waals surface area contributed by atoms with Gasteiger partial charge in [-0.05, 0) is 11.8 Å². The molecule has 0 radical (unpaired) electrons. The normalized spacial score (nSPS) is 18.0. The van der Waals surface area contributed by atoms with E-state index in [4.69, 9.17) is 0 Å². The topological polar surface area (TPSA) is 0 Å². The molecule has 0 amide bonds. The monoisotopic (exact) mass is 168 g/mol. The summed E-state index contributed by atoms with van der Waals surface area (Å²) in [6, 6.07) is 0. The fourth-order valence-electron chi connectivity index (χ4n) is 0.969. The van der Waals surface area contributed by atoms with E-state index in [1.165, 1.54) is 0 Å². The summed E-state index contributed by atoms with van der Waals surface area (Å²) in [5.74, 6) is -0.0865. The summed E-state index contributed by atoms with van der Waals surface area (Å²) < 4.78 is 35.4. The van der Waals surface area contributed by atoms with Gasteiger partial charge in [-0.15, -0.1) is 0 Å². The van der Waals surface area contributed by atoms with Crippen LogP contribution >= 0.6 is 0 Å². The van der Waals surface area contributed by atoms with Gasteiger partial charge in [0.1, 0.15) is 0 Å². The summed E-state index contributed by atoms with van der Waals surface area (Å²) in [4.78, 5) is 0. The zero-order valence-electron chi connectivity index (χ0n) is 7.20. The molecule has 0 rings (SSSR count). The van der Waals surface area contributed by atoms with E-state index in [2.05, 4.69) is 0 Å². The van der Waals surface area contributed by atoms with Gasteiger partial charge in [0.2, 0.25) is 0 Å². The zero-order valence-corrected chi connectivity index (χ0v) is 7.20. The Morgan fingerprint density at radius 1 is 1.09 bits per heavy atom. The van der Waals surface area contributed by atoms with Crippen LogP contribution in [0.4, 0.5) is 13.2 Å². The summed E-state index contributed by atoms with van der Waals surface area (Å²) in [7, 11) is 0. The third-order valence-corrected chi connectivity index (χ3v) is 2.17. The van der Waals surface area contributed by atoms with Crippen molar-refractivity contribution in [2.45, 2.75) is 39.8 Å². The Bertz CT molecular complexity index is 106. The molecule has 0 nitrogen and oxygen atoms in total. The van der Waals surface area contributed by atoms with Gasteiger partial charge in [-0.25, -0.2) is 0 Å². The van der Waals surface area contributed by atoms with E-state index in [0.29, 0.717) is 0 Å². The summed E-state index contributed by atoms with van der Waals surface area (Å²) in [5, 5.41) is 0. The van der Waals surface area contributed by atoms with E-state index >= 15 is 0 Å². The molecule has 0 saturated heterocycles. The van der Waals surface area contributed by atoms with Crippen LogP contribution in [0.15, 0.2) is 0 Å². The third-order valence-electron chi connectivity index (χ3n) is 2.17. The molecule has 0 aromatic carbocycles.